The molecule has 2 heterocycles. The molecular weight excluding hydrogens is 253 g/mol. The lowest BCUT2D eigenvalue weighted by molar-refractivity contribution is 0.616. The van der Waals surface area contributed by atoms with Gasteiger partial charge >= 0.3 is 0 Å². The Morgan fingerprint density at radius 2 is 2.00 bits per heavy atom. The van der Waals surface area contributed by atoms with Crippen LogP contribution in [-0.4, -0.2) is 9.97 Å². The lowest BCUT2D eigenvalue weighted by atomic mass is 10.1. The maximum Gasteiger partial charge on any atom is 0.141 e. The standard InChI is InChI=1S/C16H14FN3/c1-11(13-8-14(17)10-18-9-13)20-15-6-2-4-12-5-3-7-19-16(12)15/h2-11,20H,1H3. The number of nitrogens with zero attached hydrogens (tertiary/aromatic N) is 2. The Balaban J connectivity index is 1.93. The minimum Gasteiger partial charge on any atom is -0.377 e. The number of benzene rings is 1. The van der Waals surface area contributed by atoms with E-state index in [1.807, 2.05) is 37.3 Å². The molecule has 3 nitrogen and oxygen atoms in total. The summed E-state index contributed by atoms with van der Waals surface area (Å²) in [5.41, 5.74) is 2.64. The SMILES string of the molecule is CC(Nc1cccc2cccnc12)c1cncc(F)c1. The molecule has 4 heteroatoms. The lowest BCUT2D eigenvalue weighted by Crippen LogP contribution is -2.08. The van der Waals surface area contributed by atoms with Gasteiger partial charge in [0.15, 0.2) is 0 Å². The van der Waals surface area contributed by atoms with Crippen LogP contribution < -0.4 is 5.32 Å². The van der Waals surface area contributed by atoms with E-state index in [1.165, 1.54) is 12.3 Å². The fourth-order valence-corrected chi connectivity index (χ4v) is 2.20. The fraction of sp³-hybridized carbons (Fsp3) is 0.125. The Labute approximate surface area is 116 Å². The average Bonchev–Trinajstić information content (AvgIpc) is 2.47. The first-order valence-corrected chi connectivity index (χ1v) is 6.45. The first-order valence-electron chi connectivity index (χ1n) is 6.45. The van der Waals surface area contributed by atoms with Crippen LogP contribution in [0.15, 0.2) is 55.0 Å². The third-order valence-electron chi connectivity index (χ3n) is 3.23. The molecule has 0 aliphatic carbocycles. The number of rotatable bonds is 3. The van der Waals surface area contributed by atoms with Crippen molar-refractivity contribution >= 4 is 16.6 Å². The second-order valence-electron chi connectivity index (χ2n) is 4.68. The summed E-state index contributed by atoms with van der Waals surface area (Å²) in [6.45, 7) is 1.97. The van der Waals surface area contributed by atoms with E-state index in [0.29, 0.717) is 0 Å². The van der Waals surface area contributed by atoms with Crippen molar-refractivity contribution < 1.29 is 4.39 Å². The number of anilines is 1. The van der Waals surface area contributed by atoms with Gasteiger partial charge in [-0.15, -0.1) is 0 Å². The first kappa shape index (κ1) is 12.5. The summed E-state index contributed by atoms with van der Waals surface area (Å²) in [6, 6.07) is 11.3. The normalized spacial score (nSPS) is 12.3. The fourth-order valence-electron chi connectivity index (χ4n) is 2.20. The Bertz CT molecular complexity index is 737. The summed E-state index contributed by atoms with van der Waals surface area (Å²) in [5, 5.41) is 4.43. The molecule has 0 amide bonds. The summed E-state index contributed by atoms with van der Waals surface area (Å²) >= 11 is 0. The third-order valence-corrected chi connectivity index (χ3v) is 3.23. The third kappa shape index (κ3) is 2.45. The molecule has 0 saturated carbocycles. The molecule has 0 radical (unpaired) electrons. The van der Waals surface area contributed by atoms with Gasteiger partial charge in [-0.1, -0.05) is 18.2 Å². The summed E-state index contributed by atoms with van der Waals surface area (Å²) in [6.07, 6.45) is 4.64. The first-order chi connectivity index (χ1) is 9.74. The molecule has 1 N–H and O–H groups in total. The van der Waals surface area contributed by atoms with E-state index >= 15 is 0 Å². The van der Waals surface area contributed by atoms with Gasteiger partial charge in [-0.3, -0.25) is 9.97 Å². The number of halogens is 1. The summed E-state index contributed by atoms with van der Waals surface area (Å²) < 4.78 is 13.2. The van der Waals surface area contributed by atoms with Crippen LogP contribution in [0.1, 0.15) is 18.5 Å². The number of fused-ring (bicyclic) bond motifs is 1. The van der Waals surface area contributed by atoms with Gasteiger partial charge in [0.05, 0.1) is 23.4 Å². The molecule has 0 spiro atoms. The molecule has 20 heavy (non-hydrogen) atoms. The van der Waals surface area contributed by atoms with E-state index in [0.717, 1.165) is 22.2 Å². The van der Waals surface area contributed by atoms with E-state index in [1.54, 1.807) is 12.4 Å². The number of pyridine rings is 2. The number of para-hydroxylation sites is 1. The lowest BCUT2D eigenvalue weighted by Gasteiger charge is -2.16. The van der Waals surface area contributed by atoms with Crippen LogP contribution in [0.2, 0.25) is 0 Å². The van der Waals surface area contributed by atoms with E-state index in [9.17, 15) is 4.39 Å². The highest BCUT2D eigenvalue weighted by molar-refractivity contribution is 5.90. The molecule has 1 aromatic carbocycles. The van der Waals surface area contributed by atoms with Crippen LogP contribution >= 0.6 is 0 Å². The molecule has 3 aromatic rings. The van der Waals surface area contributed by atoms with Gasteiger partial charge < -0.3 is 5.32 Å². The topological polar surface area (TPSA) is 37.8 Å². The van der Waals surface area contributed by atoms with Gasteiger partial charge in [0.1, 0.15) is 5.82 Å². The van der Waals surface area contributed by atoms with Crippen molar-refractivity contribution in [1.29, 1.82) is 0 Å². The van der Waals surface area contributed by atoms with Crippen LogP contribution in [0.4, 0.5) is 10.1 Å². The van der Waals surface area contributed by atoms with E-state index in [2.05, 4.69) is 15.3 Å². The van der Waals surface area contributed by atoms with Gasteiger partial charge in [-0.2, -0.15) is 0 Å². The van der Waals surface area contributed by atoms with E-state index in [-0.39, 0.29) is 11.9 Å². The quantitative estimate of drug-likeness (QED) is 0.781. The molecule has 3 rings (SSSR count). The largest absolute Gasteiger partial charge is 0.377 e. The average molecular weight is 267 g/mol. The van der Waals surface area contributed by atoms with Crippen molar-refractivity contribution in [2.24, 2.45) is 0 Å². The van der Waals surface area contributed by atoms with Crippen molar-refractivity contribution in [2.75, 3.05) is 5.32 Å². The Morgan fingerprint density at radius 1 is 1.15 bits per heavy atom. The van der Waals surface area contributed by atoms with Crippen LogP contribution in [0, 0.1) is 5.82 Å². The van der Waals surface area contributed by atoms with Gasteiger partial charge in [-0.05, 0) is 30.7 Å². The Morgan fingerprint density at radius 3 is 2.85 bits per heavy atom. The van der Waals surface area contributed by atoms with Gasteiger partial charge in [0.2, 0.25) is 0 Å². The summed E-state index contributed by atoms with van der Waals surface area (Å²) in [4.78, 5) is 8.27. The van der Waals surface area contributed by atoms with Gasteiger partial charge in [0.25, 0.3) is 0 Å². The zero-order valence-electron chi connectivity index (χ0n) is 11.0. The monoisotopic (exact) mass is 267 g/mol. The van der Waals surface area contributed by atoms with Crippen LogP contribution in [-0.2, 0) is 0 Å². The number of nitrogens with one attached hydrogen (secondary N) is 1. The Kier molecular flexibility index (Phi) is 3.29. The molecule has 1 atom stereocenters. The highest BCUT2D eigenvalue weighted by Gasteiger charge is 2.09. The highest BCUT2D eigenvalue weighted by atomic mass is 19.1. The predicted octanol–water partition coefficient (Wildman–Crippen LogP) is 3.94. The molecule has 2 aromatic heterocycles. The maximum atomic E-state index is 13.2. The molecule has 0 fully saturated rings. The van der Waals surface area contributed by atoms with E-state index < -0.39 is 0 Å². The van der Waals surface area contributed by atoms with Crippen molar-refractivity contribution in [2.45, 2.75) is 13.0 Å². The molecule has 0 saturated heterocycles. The minimum absolute atomic E-state index is 0.0502. The highest BCUT2D eigenvalue weighted by Crippen LogP contribution is 2.25. The second kappa shape index (κ2) is 5.25. The predicted molar refractivity (Wildman–Crippen MR) is 78.0 cm³/mol. The van der Waals surface area contributed by atoms with E-state index in [4.69, 9.17) is 0 Å². The smallest absolute Gasteiger partial charge is 0.141 e. The van der Waals surface area contributed by atoms with Gasteiger partial charge in [-0.25, -0.2) is 4.39 Å². The molecule has 0 bridgehead atoms. The maximum absolute atomic E-state index is 13.2. The molecular formula is C16H14FN3. The van der Waals surface area contributed by atoms with Crippen LogP contribution in [0.5, 0.6) is 0 Å². The second-order valence-corrected chi connectivity index (χ2v) is 4.68. The van der Waals surface area contributed by atoms with Crippen molar-refractivity contribution in [3.05, 3.63) is 66.4 Å². The number of aromatic nitrogens is 2. The van der Waals surface area contributed by atoms with Crippen molar-refractivity contribution in [3.8, 4) is 0 Å². The zero-order valence-corrected chi connectivity index (χ0v) is 11.0. The summed E-state index contributed by atoms with van der Waals surface area (Å²) in [5.74, 6) is -0.327. The molecule has 0 aliphatic heterocycles. The zero-order chi connectivity index (χ0) is 13.9. The van der Waals surface area contributed by atoms with Gasteiger partial charge in [0, 0.05) is 17.8 Å². The number of hydrogen-bond acceptors (Lipinski definition) is 3. The molecule has 0 aliphatic rings. The Hall–Kier alpha value is -2.49. The van der Waals surface area contributed by atoms with Crippen LogP contribution in [0.25, 0.3) is 10.9 Å². The molecule has 100 valence electrons. The number of hydrogen-bond donors (Lipinski definition) is 1. The van der Waals surface area contributed by atoms with Crippen molar-refractivity contribution in [1.82, 2.24) is 9.97 Å². The van der Waals surface area contributed by atoms with Crippen molar-refractivity contribution in [3.63, 3.8) is 0 Å². The molecule has 1 unspecified atom stereocenters. The minimum atomic E-state index is -0.327. The summed E-state index contributed by atoms with van der Waals surface area (Å²) in [7, 11) is 0. The van der Waals surface area contributed by atoms with Crippen LogP contribution in [0.3, 0.4) is 0 Å².